The largest absolute Gasteiger partial charge is 0.481 e. The third-order valence-corrected chi connectivity index (χ3v) is 4.95. The van der Waals surface area contributed by atoms with Gasteiger partial charge < -0.3 is 10.4 Å². The van der Waals surface area contributed by atoms with Gasteiger partial charge in [0.1, 0.15) is 5.69 Å². The number of aromatic nitrogens is 1. The van der Waals surface area contributed by atoms with Crippen molar-refractivity contribution in [1.82, 2.24) is 4.98 Å². The number of nitrogens with one attached hydrogen (secondary N) is 1. The Bertz CT molecular complexity index is 713. The smallest absolute Gasteiger partial charge is 0.304 e. The third-order valence-electron chi connectivity index (χ3n) is 3.03. The molecule has 122 valence electrons. The van der Waals surface area contributed by atoms with Crippen molar-refractivity contribution in [2.24, 2.45) is 0 Å². The molecule has 0 atom stereocenters. The van der Waals surface area contributed by atoms with Crippen LogP contribution < -0.4 is 5.32 Å². The highest BCUT2D eigenvalue weighted by Gasteiger charge is 2.14. The molecule has 7 heteroatoms. The number of rotatable bonds is 7. The number of carbonyl (C=O) groups excluding carboxylic acids is 1. The molecule has 2 rings (SSSR count). The zero-order valence-corrected chi connectivity index (χ0v) is 14.6. The maximum absolute atomic E-state index is 12.3. The Balaban J connectivity index is 1.95. The van der Waals surface area contributed by atoms with Gasteiger partial charge in [-0.3, -0.25) is 9.59 Å². The second kappa shape index (κ2) is 8.12. The van der Waals surface area contributed by atoms with Crippen molar-refractivity contribution >= 4 is 40.7 Å². The number of carboxylic acids is 1. The fourth-order valence-corrected chi connectivity index (χ4v) is 3.71. The maximum Gasteiger partial charge on any atom is 0.304 e. The van der Waals surface area contributed by atoms with Crippen LogP contribution in [0, 0.1) is 13.8 Å². The summed E-state index contributed by atoms with van der Waals surface area (Å²) in [4.78, 5) is 27.9. The molecule has 0 aliphatic heterocycles. The number of thioether (sulfide) groups is 1. The monoisotopic (exact) mass is 350 g/mol. The van der Waals surface area contributed by atoms with Crippen LogP contribution in [0.5, 0.6) is 0 Å². The Kier molecular flexibility index (Phi) is 6.18. The van der Waals surface area contributed by atoms with E-state index in [0.29, 0.717) is 17.2 Å². The molecule has 23 heavy (non-hydrogen) atoms. The molecular formula is C16H18N2O3S2. The second-order valence-corrected chi connectivity index (χ2v) is 7.50. The number of nitrogens with zero attached hydrogens (tertiary/aromatic N) is 1. The maximum atomic E-state index is 12.3. The van der Waals surface area contributed by atoms with E-state index >= 15 is 0 Å². The first-order chi connectivity index (χ1) is 11.0. The lowest BCUT2D eigenvalue weighted by Gasteiger charge is -2.07. The normalized spacial score (nSPS) is 10.5. The SMILES string of the molecule is Cc1nc(C(=O)Nc2cccc(CSCCC(=O)O)c2)c(C)s1. The number of amides is 1. The summed E-state index contributed by atoms with van der Waals surface area (Å²) in [6.07, 6.45) is 0.156. The quantitative estimate of drug-likeness (QED) is 0.744. The molecule has 1 aromatic heterocycles. The Hall–Kier alpha value is -1.86. The van der Waals surface area contributed by atoms with Crippen molar-refractivity contribution in [3.63, 3.8) is 0 Å². The molecule has 5 nitrogen and oxygen atoms in total. The molecule has 2 N–H and O–H groups in total. The topological polar surface area (TPSA) is 79.3 Å². The average molecular weight is 350 g/mol. The highest BCUT2D eigenvalue weighted by atomic mass is 32.2. The zero-order chi connectivity index (χ0) is 16.8. The van der Waals surface area contributed by atoms with Crippen molar-refractivity contribution in [3.8, 4) is 0 Å². The van der Waals surface area contributed by atoms with E-state index in [0.717, 1.165) is 21.1 Å². The lowest BCUT2D eigenvalue weighted by Crippen LogP contribution is -2.13. The minimum Gasteiger partial charge on any atom is -0.481 e. The van der Waals surface area contributed by atoms with Crippen LogP contribution in [0.2, 0.25) is 0 Å². The van der Waals surface area contributed by atoms with Gasteiger partial charge in [-0.1, -0.05) is 12.1 Å². The van der Waals surface area contributed by atoms with Crippen LogP contribution >= 0.6 is 23.1 Å². The Morgan fingerprint density at radius 1 is 1.35 bits per heavy atom. The van der Waals surface area contributed by atoms with Crippen molar-refractivity contribution < 1.29 is 14.7 Å². The van der Waals surface area contributed by atoms with Crippen LogP contribution in [-0.2, 0) is 10.5 Å². The van der Waals surface area contributed by atoms with Gasteiger partial charge in [-0.2, -0.15) is 11.8 Å². The standard InChI is InChI=1S/C16H18N2O3S2/c1-10-15(17-11(2)23-10)16(21)18-13-5-3-4-12(8-13)9-22-7-6-14(19)20/h3-5,8H,6-7,9H2,1-2H3,(H,18,21)(H,19,20). The van der Waals surface area contributed by atoms with E-state index in [1.165, 1.54) is 11.3 Å². The van der Waals surface area contributed by atoms with Crippen LogP contribution in [0.1, 0.15) is 32.4 Å². The first-order valence-electron chi connectivity index (χ1n) is 7.09. The number of hydrogen-bond acceptors (Lipinski definition) is 5. The number of aliphatic carboxylic acids is 1. The Morgan fingerprint density at radius 3 is 2.78 bits per heavy atom. The number of benzene rings is 1. The van der Waals surface area contributed by atoms with Crippen LogP contribution in [0.4, 0.5) is 5.69 Å². The van der Waals surface area contributed by atoms with Crippen molar-refractivity contribution in [2.75, 3.05) is 11.1 Å². The van der Waals surface area contributed by atoms with E-state index in [-0.39, 0.29) is 12.3 Å². The van der Waals surface area contributed by atoms with E-state index in [4.69, 9.17) is 5.11 Å². The summed E-state index contributed by atoms with van der Waals surface area (Å²) in [6, 6.07) is 7.57. The summed E-state index contributed by atoms with van der Waals surface area (Å²) in [6.45, 7) is 3.76. The van der Waals surface area contributed by atoms with Crippen LogP contribution in [0.25, 0.3) is 0 Å². The molecule has 0 aliphatic carbocycles. The van der Waals surface area contributed by atoms with Crippen molar-refractivity contribution in [3.05, 3.63) is 45.4 Å². The summed E-state index contributed by atoms with van der Waals surface area (Å²) >= 11 is 3.06. The third kappa shape index (κ3) is 5.37. The predicted octanol–water partition coefficient (Wildman–Crippen LogP) is 3.72. The second-order valence-electron chi connectivity index (χ2n) is 4.99. The Morgan fingerprint density at radius 2 is 2.13 bits per heavy atom. The van der Waals surface area contributed by atoms with Gasteiger partial charge in [0, 0.05) is 22.1 Å². The number of carboxylic acid groups (broad SMARTS) is 1. The van der Waals surface area contributed by atoms with Gasteiger partial charge in [0.15, 0.2) is 0 Å². The fraction of sp³-hybridized carbons (Fsp3) is 0.312. The number of thiazole rings is 1. The molecule has 2 aromatic rings. The molecule has 1 heterocycles. The molecule has 0 bridgehead atoms. The van der Waals surface area contributed by atoms with Gasteiger partial charge in [-0.05, 0) is 31.5 Å². The van der Waals surface area contributed by atoms with E-state index in [9.17, 15) is 9.59 Å². The van der Waals surface area contributed by atoms with E-state index < -0.39 is 5.97 Å². The van der Waals surface area contributed by atoms with Gasteiger partial charge in [0.05, 0.1) is 11.4 Å². The summed E-state index contributed by atoms with van der Waals surface area (Å²) in [7, 11) is 0. The highest BCUT2D eigenvalue weighted by Crippen LogP contribution is 2.20. The number of anilines is 1. The number of carbonyl (C=O) groups is 2. The van der Waals surface area contributed by atoms with Gasteiger partial charge in [0.2, 0.25) is 0 Å². The Labute approximate surface area is 143 Å². The van der Waals surface area contributed by atoms with Gasteiger partial charge >= 0.3 is 5.97 Å². The first kappa shape index (κ1) is 17.5. The molecule has 1 aromatic carbocycles. The summed E-state index contributed by atoms with van der Waals surface area (Å²) in [5, 5.41) is 12.4. The molecule has 0 aliphatic rings. The van der Waals surface area contributed by atoms with Crippen LogP contribution in [0.3, 0.4) is 0 Å². The van der Waals surface area contributed by atoms with Gasteiger partial charge in [-0.15, -0.1) is 11.3 Å². The summed E-state index contributed by atoms with van der Waals surface area (Å²) in [5.41, 5.74) is 2.23. The molecule has 0 saturated heterocycles. The van der Waals surface area contributed by atoms with E-state index in [2.05, 4.69) is 10.3 Å². The highest BCUT2D eigenvalue weighted by molar-refractivity contribution is 7.98. The van der Waals surface area contributed by atoms with Crippen molar-refractivity contribution in [1.29, 1.82) is 0 Å². The number of hydrogen-bond donors (Lipinski definition) is 2. The average Bonchev–Trinajstić information content (AvgIpc) is 2.83. The van der Waals surface area contributed by atoms with Gasteiger partial charge in [0.25, 0.3) is 5.91 Å². The molecular weight excluding hydrogens is 332 g/mol. The van der Waals surface area contributed by atoms with E-state index in [1.807, 2.05) is 38.1 Å². The molecule has 0 saturated carbocycles. The lowest BCUT2D eigenvalue weighted by atomic mass is 10.2. The zero-order valence-electron chi connectivity index (χ0n) is 13.0. The molecule has 0 unspecified atom stereocenters. The predicted molar refractivity (Wildman–Crippen MR) is 94.4 cm³/mol. The molecule has 0 fully saturated rings. The van der Waals surface area contributed by atoms with E-state index in [1.54, 1.807) is 11.8 Å². The minimum atomic E-state index is -0.785. The fourth-order valence-electron chi connectivity index (χ4n) is 2.02. The first-order valence-corrected chi connectivity index (χ1v) is 9.06. The van der Waals surface area contributed by atoms with Crippen LogP contribution in [-0.4, -0.2) is 27.7 Å². The number of aryl methyl sites for hydroxylation is 2. The minimum absolute atomic E-state index is 0.156. The summed E-state index contributed by atoms with van der Waals surface area (Å²) in [5.74, 6) is 0.296. The van der Waals surface area contributed by atoms with Crippen molar-refractivity contribution in [2.45, 2.75) is 26.0 Å². The molecule has 0 spiro atoms. The van der Waals surface area contributed by atoms with Crippen LogP contribution in [0.15, 0.2) is 24.3 Å². The van der Waals surface area contributed by atoms with Gasteiger partial charge in [-0.25, -0.2) is 4.98 Å². The lowest BCUT2D eigenvalue weighted by molar-refractivity contribution is -0.136. The molecule has 0 radical (unpaired) electrons. The summed E-state index contributed by atoms with van der Waals surface area (Å²) < 4.78 is 0. The molecule has 1 amide bonds.